The van der Waals surface area contributed by atoms with Crippen molar-refractivity contribution in [1.82, 2.24) is 5.32 Å². The smallest absolute Gasteiger partial charge is 0.171 e. The topological polar surface area (TPSA) is 33.3 Å². The quantitative estimate of drug-likeness (QED) is 0.778. The molecule has 0 aliphatic carbocycles. The molecule has 0 aliphatic heterocycles. The first-order valence-corrected chi connectivity index (χ1v) is 7.84. The average molecular weight is 365 g/mol. The number of nitrogens with one attached hydrogen (secondary N) is 2. The van der Waals surface area contributed by atoms with Crippen LogP contribution >= 0.6 is 28.1 Å². The highest BCUT2D eigenvalue weighted by Crippen LogP contribution is 2.14. The maximum atomic E-state index is 5.68. The van der Waals surface area contributed by atoms with E-state index in [1.54, 1.807) is 0 Å². The Morgan fingerprint density at radius 3 is 2.48 bits per heavy atom. The van der Waals surface area contributed by atoms with Crippen LogP contribution in [0.4, 0.5) is 5.69 Å². The third-order valence-electron chi connectivity index (χ3n) is 2.72. The molecule has 5 heteroatoms. The SMILES string of the molecule is CC(COc1ccccc1)NC(=S)Nc1ccc(Br)cc1. The van der Waals surface area contributed by atoms with E-state index in [0.29, 0.717) is 11.7 Å². The van der Waals surface area contributed by atoms with E-state index in [4.69, 9.17) is 17.0 Å². The fraction of sp³-hybridized carbons (Fsp3) is 0.188. The van der Waals surface area contributed by atoms with E-state index in [-0.39, 0.29) is 6.04 Å². The van der Waals surface area contributed by atoms with Crippen LogP contribution in [-0.4, -0.2) is 17.8 Å². The summed E-state index contributed by atoms with van der Waals surface area (Å²) in [4.78, 5) is 0. The van der Waals surface area contributed by atoms with Crippen LogP contribution in [0.5, 0.6) is 5.75 Å². The van der Waals surface area contributed by atoms with E-state index in [1.165, 1.54) is 0 Å². The van der Waals surface area contributed by atoms with Gasteiger partial charge < -0.3 is 15.4 Å². The molecular weight excluding hydrogens is 348 g/mol. The summed E-state index contributed by atoms with van der Waals surface area (Å²) in [6.45, 7) is 2.57. The van der Waals surface area contributed by atoms with Crippen LogP contribution in [0.25, 0.3) is 0 Å². The number of rotatable bonds is 5. The van der Waals surface area contributed by atoms with Gasteiger partial charge in [-0.1, -0.05) is 34.1 Å². The molecule has 3 nitrogen and oxygen atoms in total. The fourth-order valence-corrected chi connectivity index (χ4v) is 2.29. The number of halogens is 1. The normalized spacial score (nSPS) is 11.5. The summed E-state index contributed by atoms with van der Waals surface area (Å²) in [6, 6.07) is 17.7. The van der Waals surface area contributed by atoms with Gasteiger partial charge in [0.1, 0.15) is 12.4 Å². The Hall–Kier alpha value is -1.59. The predicted octanol–water partition coefficient (Wildman–Crippen LogP) is 4.20. The van der Waals surface area contributed by atoms with Crippen LogP contribution in [0.2, 0.25) is 0 Å². The van der Waals surface area contributed by atoms with Gasteiger partial charge in [0.05, 0.1) is 6.04 Å². The molecule has 110 valence electrons. The summed E-state index contributed by atoms with van der Waals surface area (Å²) in [7, 11) is 0. The lowest BCUT2D eigenvalue weighted by Crippen LogP contribution is -2.39. The lowest BCUT2D eigenvalue weighted by atomic mass is 10.3. The predicted molar refractivity (Wildman–Crippen MR) is 94.9 cm³/mol. The van der Waals surface area contributed by atoms with Crippen molar-refractivity contribution in [2.45, 2.75) is 13.0 Å². The Labute approximate surface area is 138 Å². The zero-order valence-corrected chi connectivity index (χ0v) is 14.1. The van der Waals surface area contributed by atoms with Crippen molar-refractivity contribution in [3.05, 3.63) is 59.1 Å². The van der Waals surface area contributed by atoms with Crippen molar-refractivity contribution >= 4 is 38.9 Å². The van der Waals surface area contributed by atoms with Gasteiger partial charge in [0.15, 0.2) is 5.11 Å². The van der Waals surface area contributed by atoms with Crippen LogP contribution < -0.4 is 15.4 Å². The van der Waals surface area contributed by atoms with E-state index >= 15 is 0 Å². The van der Waals surface area contributed by atoms with Crippen LogP contribution in [0, 0.1) is 0 Å². The van der Waals surface area contributed by atoms with Crippen LogP contribution in [0.3, 0.4) is 0 Å². The molecule has 0 spiro atoms. The number of anilines is 1. The first kappa shape index (κ1) is 15.8. The molecule has 2 rings (SSSR count). The third-order valence-corrected chi connectivity index (χ3v) is 3.47. The maximum Gasteiger partial charge on any atom is 0.171 e. The second-order valence-corrected chi connectivity index (χ2v) is 5.95. The second kappa shape index (κ2) is 8.00. The Balaban J connectivity index is 1.75. The molecule has 0 amide bonds. The third kappa shape index (κ3) is 5.73. The van der Waals surface area contributed by atoms with Gasteiger partial charge in [-0.05, 0) is 55.5 Å². The van der Waals surface area contributed by atoms with Crippen molar-refractivity contribution in [1.29, 1.82) is 0 Å². The van der Waals surface area contributed by atoms with E-state index in [2.05, 4.69) is 26.6 Å². The van der Waals surface area contributed by atoms with E-state index in [9.17, 15) is 0 Å². The summed E-state index contributed by atoms with van der Waals surface area (Å²) >= 11 is 8.69. The first-order valence-electron chi connectivity index (χ1n) is 6.64. The van der Waals surface area contributed by atoms with Crippen LogP contribution in [0.1, 0.15) is 6.92 Å². The highest BCUT2D eigenvalue weighted by molar-refractivity contribution is 9.10. The summed E-state index contributed by atoms with van der Waals surface area (Å²) in [6.07, 6.45) is 0. The minimum absolute atomic E-state index is 0.112. The Morgan fingerprint density at radius 2 is 1.81 bits per heavy atom. The molecule has 1 atom stereocenters. The number of thiocarbonyl (C=S) groups is 1. The maximum absolute atomic E-state index is 5.68. The number of hydrogen-bond acceptors (Lipinski definition) is 2. The molecule has 0 fully saturated rings. The second-order valence-electron chi connectivity index (χ2n) is 4.63. The zero-order valence-electron chi connectivity index (χ0n) is 11.7. The highest BCUT2D eigenvalue weighted by Gasteiger charge is 2.05. The molecule has 21 heavy (non-hydrogen) atoms. The fourth-order valence-electron chi connectivity index (χ4n) is 1.70. The summed E-state index contributed by atoms with van der Waals surface area (Å²) in [5.41, 5.74) is 0.951. The van der Waals surface area contributed by atoms with Crippen molar-refractivity contribution < 1.29 is 4.74 Å². The molecule has 2 aromatic carbocycles. The van der Waals surface area contributed by atoms with E-state index < -0.39 is 0 Å². The monoisotopic (exact) mass is 364 g/mol. The molecule has 2 aromatic rings. The first-order chi connectivity index (χ1) is 10.1. The van der Waals surface area contributed by atoms with Crippen molar-refractivity contribution in [3.8, 4) is 5.75 Å². The highest BCUT2D eigenvalue weighted by atomic mass is 79.9. The van der Waals surface area contributed by atoms with Gasteiger partial charge in [-0.2, -0.15) is 0 Å². The van der Waals surface area contributed by atoms with E-state index in [0.717, 1.165) is 15.9 Å². The van der Waals surface area contributed by atoms with Crippen molar-refractivity contribution in [2.75, 3.05) is 11.9 Å². The van der Waals surface area contributed by atoms with Gasteiger partial charge in [-0.25, -0.2) is 0 Å². The molecule has 0 heterocycles. The van der Waals surface area contributed by atoms with Gasteiger partial charge in [-0.15, -0.1) is 0 Å². The van der Waals surface area contributed by atoms with Gasteiger partial charge in [0.2, 0.25) is 0 Å². The number of hydrogen-bond donors (Lipinski definition) is 2. The lowest BCUT2D eigenvalue weighted by Gasteiger charge is -2.17. The van der Waals surface area contributed by atoms with E-state index in [1.807, 2.05) is 61.5 Å². The molecule has 2 N–H and O–H groups in total. The van der Waals surface area contributed by atoms with Gasteiger partial charge >= 0.3 is 0 Å². The Bertz CT molecular complexity index is 575. The summed E-state index contributed by atoms with van der Waals surface area (Å²) < 4.78 is 6.72. The molecule has 1 unspecified atom stereocenters. The number of para-hydroxylation sites is 1. The zero-order chi connectivity index (χ0) is 15.1. The standard InChI is InChI=1S/C16H17BrN2OS/c1-12(11-20-15-5-3-2-4-6-15)18-16(21)19-14-9-7-13(17)8-10-14/h2-10,12H,11H2,1H3,(H2,18,19,21). The molecule has 0 aromatic heterocycles. The van der Waals surface area contributed by atoms with Crippen LogP contribution in [0.15, 0.2) is 59.1 Å². The average Bonchev–Trinajstić information content (AvgIpc) is 2.48. The minimum Gasteiger partial charge on any atom is -0.491 e. The minimum atomic E-state index is 0.112. The van der Waals surface area contributed by atoms with Crippen molar-refractivity contribution in [3.63, 3.8) is 0 Å². The van der Waals surface area contributed by atoms with Crippen molar-refractivity contribution in [2.24, 2.45) is 0 Å². The largest absolute Gasteiger partial charge is 0.491 e. The summed E-state index contributed by atoms with van der Waals surface area (Å²) in [5, 5.41) is 6.92. The molecule has 0 aliphatic rings. The number of benzene rings is 2. The molecular formula is C16H17BrN2OS. The molecule has 0 bridgehead atoms. The Kier molecular flexibility index (Phi) is 6.02. The molecule has 0 saturated carbocycles. The van der Waals surface area contributed by atoms with Gasteiger partial charge in [-0.3, -0.25) is 0 Å². The van der Waals surface area contributed by atoms with Crippen LogP contribution in [-0.2, 0) is 0 Å². The molecule has 0 radical (unpaired) electrons. The number of ether oxygens (including phenoxy) is 1. The Morgan fingerprint density at radius 1 is 1.14 bits per heavy atom. The lowest BCUT2D eigenvalue weighted by molar-refractivity contribution is 0.287. The van der Waals surface area contributed by atoms with Gasteiger partial charge in [0.25, 0.3) is 0 Å². The summed E-state index contributed by atoms with van der Waals surface area (Å²) in [5.74, 6) is 0.859. The molecule has 0 saturated heterocycles. The van der Waals surface area contributed by atoms with Gasteiger partial charge in [0, 0.05) is 10.2 Å².